The second-order valence-corrected chi connectivity index (χ2v) is 9.00. The Morgan fingerprint density at radius 3 is 2.56 bits per heavy atom. The van der Waals surface area contributed by atoms with Gasteiger partial charge in [-0.05, 0) is 48.0 Å². The van der Waals surface area contributed by atoms with Crippen LogP contribution in [0, 0.1) is 5.82 Å². The van der Waals surface area contributed by atoms with Crippen LogP contribution in [0.25, 0.3) is 0 Å². The highest BCUT2D eigenvalue weighted by molar-refractivity contribution is 8.01. The van der Waals surface area contributed by atoms with E-state index >= 15 is 0 Å². The van der Waals surface area contributed by atoms with E-state index in [9.17, 15) is 14.0 Å². The van der Waals surface area contributed by atoms with Crippen molar-refractivity contribution in [2.45, 2.75) is 11.4 Å². The SMILES string of the molecule is COc1ccc2c(c1)C1(SCCN1C(=O)c1ccc(F)cc1)C(=O)N2Cc1ccccc1. The van der Waals surface area contributed by atoms with Crippen molar-refractivity contribution in [2.75, 3.05) is 24.3 Å². The number of ether oxygens (including phenoxy) is 1. The lowest BCUT2D eigenvalue weighted by Crippen LogP contribution is -2.50. The first-order chi connectivity index (χ1) is 15.5. The molecule has 3 aromatic carbocycles. The molecule has 3 aromatic rings. The van der Waals surface area contributed by atoms with Crippen LogP contribution in [0.15, 0.2) is 72.8 Å². The maximum Gasteiger partial charge on any atom is 0.268 e. The summed E-state index contributed by atoms with van der Waals surface area (Å²) in [4.78, 5) is 29.7. The number of rotatable bonds is 4. The average Bonchev–Trinajstić information content (AvgIpc) is 3.36. The molecule has 0 aromatic heterocycles. The molecule has 2 amide bonds. The highest BCUT2D eigenvalue weighted by atomic mass is 32.2. The fourth-order valence-corrected chi connectivity index (χ4v) is 5.84. The zero-order chi connectivity index (χ0) is 22.3. The number of hydrogen-bond acceptors (Lipinski definition) is 4. The van der Waals surface area contributed by atoms with Crippen LogP contribution < -0.4 is 9.64 Å². The Morgan fingerprint density at radius 1 is 1.09 bits per heavy atom. The van der Waals surface area contributed by atoms with E-state index in [2.05, 4.69) is 0 Å². The lowest BCUT2D eigenvalue weighted by atomic mass is 10.0. The molecule has 2 aliphatic heterocycles. The van der Waals surface area contributed by atoms with Crippen LogP contribution in [0.3, 0.4) is 0 Å². The topological polar surface area (TPSA) is 49.9 Å². The molecule has 5 nitrogen and oxygen atoms in total. The number of amides is 2. The fraction of sp³-hybridized carbons (Fsp3) is 0.200. The molecular formula is C25H21FN2O3S. The zero-order valence-corrected chi connectivity index (χ0v) is 18.3. The van der Waals surface area contributed by atoms with E-state index in [0.717, 1.165) is 16.8 Å². The van der Waals surface area contributed by atoms with Gasteiger partial charge in [0.15, 0.2) is 4.87 Å². The van der Waals surface area contributed by atoms with Crippen molar-refractivity contribution in [2.24, 2.45) is 0 Å². The van der Waals surface area contributed by atoms with Gasteiger partial charge in [0.05, 0.1) is 19.3 Å². The van der Waals surface area contributed by atoms with E-state index in [1.807, 2.05) is 48.5 Å². The number of methoxy groups -OCH3 is 1. The summed E-state index contributed by atoms with van der Waals surface area (Å²) >= 11 is 1.46. The van der Waals surface area contributed by atoms with Gasteiger partial charge in [0.25, 0.3) is 11.8 Å². The van der Waals surface area contributed by atoms with Gasteiger partial charge in [-0.3, -0.25) is 9.59 Å². The van der Waals surface area contributed by atoms with E-state index in [4.69, 9.17) is 4.74 Å². The van der Waals surface area contributed by atoms with Crippen molar-refractivity contribution < 1.29 is 18.7 Å². The predicted molar refractivity (Wildman–Crippen MR) is 122 cm³/mol. The average molecular weight is 449 g/mol. The molecule has 5 rings (SSSR count). The number of anilines is 1. The molecule has 1 spiro atoms. The first-order valence-electron chi connectivity index (χ1n) is 10.3. The number of hydrogen-bond donors (Lipinski definition) is 0. The highest BCUT2D eigenvalue weighted by Crippen LogP contribution is 2.55. The molecule has 2 aliphatic rings. The van der Waals surface area contributed by atoms with E-state index < -0.39 is 10.7 Å². The minimum atomic E-state index is -1.18. The second-order valence-electron chi connectivity index (χ2n) is 7.72. The van der Waals surface area contributed by atoms with Gasteiger partial charge in [0.1, 0.15) is 11.6 Å². The van der Waals surface area contributed by atoms with Gasteiger partial charge in [0.2, 0.25) is 0 Å². The maximum absolute atomic E-state index is 14.0. The van der Waals surface area contributed by atoms with Crippen LogP contribution >= 0.6 is 11.8 Å². The smallest absolute Gasteiger partial charge is 0.268 e. The summed E-state index contributed by atoms with van der Waals surface area (Å²) in [6, 6.07) is 20.8. The van der Waals surface area contributed by atoms with Crippen LogP contribution in [0.4, 0.5) is 10.1 Å². The summed E-state index contributed by atoms with van der Waals surface area (Å²) in [5.41, 5.74) is 2.87. The van der Waals surface area contributed by atoms with Gasteiger partial charge in [0, 0.05) is 23.4 Å². The molecule has 0 bridgehead atoms. The quantitative estimate of drug-likeness (QED) is 0.593. The second kappa shape index (κ2) is 7.98. The third kappa shape index (κ3) is 3.15. The van der Waals surface area contributed by atoms with Crippen LogP contribution in [0.1, 0.15) is 21.5 Å². The zero-order valence-electron chi connectivity index (χ0n) is 17.5. The van der Waals surface area contributed by atoms with Gasteiger partial charge in [-0.25, -0.2) is 4.39 Å². The molecule has 2 heterocycles. The van der Waals surface area contributed by atoms with E-state index in [0.29, 0.717) is 30.2 Å². The molecular weight excluding hydrogens is 427 g/mol. The fourth-order valence-electron chi connectivity index (χ4n) is 4.39. The molecule has 0 N–H and O–H groups in total. The van der Waals surface area contributed by atoms with E-state index in [1.165, 1.54) is 36.0 Å². The Morgan fingerprint density at radius 2 is 1.84 bits per heavy atom. The van der Waals surface area contributed by atoms with Crippen molar-refractivity contribution in [3.8, 4) is 5.75 Å². The summed E-state index contributed by atoms with van der Waals surface area (Å²) in [6.45, 7) is 0.822. The molecule has 1 saturated heterocycles. The Hall–Kier alpha value is -3.32. The standard InChI is InChI=1S/C25H21FN2O3S/c1-31-20-11-12-22-21(15-20)25(24(30)27(22)16-17-5-3-2-4-6-17)28(13-14-32-25)23(29)18-7-9-19(26)10-8-18/h2-12,15H,13-14,16H2,1H3. The molecule has 1 fully saturated rings. The van der Waals surface area contributed by atoms with Crippen molar-refractivity contribution in [1.82, 2.24) is 4.90 Å². The molecule has 7 heteroatoms. The molecule has 0 radical (unpaired) electrons. The highest BCUT2D eigenvalue weighted by Gasteiger charge is 2.59. The number of carbonyl (C=O) groups is 2. The van der Waals surface area contributed by atoms with Crippen molar-refractivity contribution in [1.29, 1.82) is 0 Å². The number of benzene rings is 3. The molecule has 0 saturated carbocycles. The molecule has 162 valence electrons. The Bertz CT molecular complexity index is 1190. The Labute approximate surface area is 189 Å². The number of thioether (sulfide) groups is 1. The number of nitrogens with zero attached hydrogens (tertiary/aromatic N) is 2. The van der Waals surface area contributed by atoms with Crippen LogP contribution in [0.5, 0.6) is 5.75 Å². The van der Waals surface area contributed by atoms with E-state index in [-0.39, 0.29) is 11.8 Å². The molecule has 1 atom stereocenters. The van der Waals surface area contributed by atoms with Crippen molar-refractivity contribution >= 4 is 29.3 Å². The van der Waals surface area contributed by atoms with Crippen molar-refractivity contribution in [3.63, 3.8) is 0 Å². The third-order valence-corrected chi connectivity index (χ3v) is 7.34. The minimum Gasteiger partial charge on any atom is -0.497 e. The summed E-state index contributed by atoms with van der Waals surface area (Å²) < 4.78 is 18.9. The van der Waals surface area contributed by atoms with Gasteiger partial charge < -0.3 is 14.5 Å². The van der Waals surface area contributed by atoms with E-state index in [1.54, 1.807) is 16.9 Å². The lowest BCUT2D eigenvalue weighted by molar-refractivity contribution is -0.123. The summed E-state index contributed by atoms with van der Waals surface area (Å²) in [5.74, 6) is 0.391. The number of halogens is 1. The lowest BCUT2D eigenvalue weighted by Gasteiger charge is -2.33. The first kappa shape index (κ1) is 20.6. The normalized spacial score (nSPS) is 19.5. The molecule has 1 unspecified atom stereocenters. The van der Waals surface area contributed by atoms with Crippen molar-refractivity contribution in [3.05, 3.63) is 95.3 Å². The monoisotopic (exact) mass is 448 g/mol. The van der Waals surface area contributed by atoms with Gasteiger partial charge >= 0.3 is 0 Å². The van der Waals surface area contributed by atoms with Crippen LogP contribution in [0.2, 0.25) is 0 Å². The molecule has 32 heavy (non-hydrogen) atoms. The summed E-state index contributed by atoms with van der Waals surface area (Å²) in [6.07, 6.45) is 0. The van der Waals surface area contributed by atoms with Crippen LogP contribution in [-0.4, -0.2) is 36.1 Å². The maximum atomic E-state index is 14.0. The minimum absolute atomic E-state index is 0.150. The first-order valence-corrected chi connectivity index (χ1v) is 11.3. The van der Waals surface area contributed by atoms with Crippen LogP contribution in [-0.2, 0) is 16.2 Å². The largest absolute Gasteiger partial charge is 0.497 e. The molecule has 0 aliphatic carbocycles. The summed E-state index contributed by atoms with van der Waals surface area (Å²) in [5, 5.41) is 0. The van der Waals surface area contributed by atoms with Gasteiger partial charge in [-0.2, -0.15) is 0 Å². The predicted octanol–water partition coefficient (Wildman–Crippen LogP) is 4.42. The number of carbonyl (C=O) groups excluding carboxylic acids is 2. The van der Waals surface area contributed by atoms with Gasteiger partial charge in [-0.15, -0.1) is 11.8 Å². The Balaban J connectivity index is 1.61. The third-order valence-electron chi connectivity index (χ3n) is 5.92. The summed E-state index contributed by atoms with van der Waals surface area (Å²) in [7, 11) is 1.58. The number of fused-ring (bicyclic) bond motifs is 2. The van der Waals surface area contributed by atoms with Gasteiger partial charge in [-0.1, -0.05) is 30.3 Å². The Kier molecular flexibility index (Phi) is 5.13.